The Labute approximate surface area is 164 Å². The summed E-state index contributed by atoms with van der Waals surface area (Å²) in [4.78, 5) is 12.4. The number of amides is 1. The molecule has 0 aliphatic heterocycles. The van der Waals surface area contributed by atoms with Crippen LogP contribution < -0.4 is 10.0 Å². The molecule has 0 fully saturated rings. The van der Waals surface area contributed by atoms with Crippen LogP contribution >= 0.6 is 0 Å². The number of hydrogen-bond acceptors (Lipinski definition) is 3. The number of rotatable bonds is 6. The van der Waals surface area contributed by atoms with Crippen LogP contribution in [0.3, 0.4) is 0 Å². The summed E-state index contributed by atoms with van der Waals surface area (Å²) in [5.74, 6) is -0.355. The van der Waals surface area contributed by atoms with Crippen molar-refractivity contribution in [2.24, 2.45) is 0 Å². The Kier molecular flexibility index (Phi) is 5.91. The second-order valence-corrected chi connectivity index (χ2v) is 7.88. The van der Waals surface area contributed by atoms with Crippen molar-refractivity contribution in [3.05, 3.63) is 96.1 Å². The third-order valence-corrected chi connectivity index (χ3v) is 5.37. The summed E-state index contributed by atoms with van der Waals surface area (Å²) >= 11 is 0. The van der Waals surface area contributed by atoms with Gasteiger partial charge in [-0.25, -0.2) is 8.42 Å². The van der Waals surface area contributed by atoms with Crippen molar-refractivity contribution < 1.29 is 13.2 Å². The van der Waals surface area contributed by atoms with Crippen LogP contribution in [0.25, 0.3) is 6.08 Å². The van der Waals surface area contributed by atoms with E-state index >= 15 is 0 Å². The van der Waals surface area contributed by atoms with E-state index in [2.05, 4.69) is 10.0 Å². The SMILES string of the molecule is Cc1ccc(/C=C/C(=O)Nc2ccccc2NS(=O)(=O)c2ccccc2)cc1. The lowest BCUT2D eigenvalue weighted by Crippen LogP contribution is -2.16. The lowest BCUT2D eigenvalue weighted by Gasteiger charge is -2.12. The lowest BCUT2D eigenvalue weighted by atomic mass is 10.1. The van der Waals surface area contributed by atoms with E-state index in [1.807, 2.05) is 31.2 Å². The van der Waals surface area contributed by atoms with Gasteiger partial charge < -0.3 is 5.32 Å². The number of hydrogen-bond donors (Lipinski definition) is 2. The van der Waals surface area contributed by atoms with Crippen LogP contribution in [0.1, 0.15) is 11.1 Å². The van der Waals surface area contributed by atoms with Crippen molar-refractivity contribution in [2.45, 2.75) is 11.8 Å². The minimum Gasteiger partial charge on any atom is -0.321 e. The summed E-state index contributed by atoms with van der Waals surface area (Å²) in [6, 6.07) is 22.5. The fraction of sp³-hybridized carbons (Fsp3) is 0.0455. The Bertz CT molecular complexity index is 1090. The Hall–Kier alpha value is -3.38. The summed E-state index contributed by atoms with van der Waals surface area (Å²) in [5.41, 5.74) is 2.71. The van der Waals surface area contributed by atoms with Gasteiger partial charge >= 0.3 is 0 Å². The Morgan fingerprint density at radius 3 is 2.11 bits per heavy atom. The Morgan fingerprint density at radius 2 is 1.43 bits per heavy atom. The van der Waals surface area contributed by atoms with Gasteiger partial charge in [0.05, 0.1) is 16.3 Å². The lowest BCUT2D eigenvalue weighted by molar-refractivity contribution is -0.111. The normalized spacial score (nSPS) is 11.3. The first kappa shape index (κ1) is 19.4. The summed E-state index contributed by atoms with van der Waals surface area (Å²) in [7, 11) is -3.75. The zero-order chi connectivity index (χ0) is 20.0. The van der Waals surface area contributed by atoms with Gasteiger partial charge in [0.25, 0.3) is 10.0 Å². The minimum atomic E-state index is -3.75. The van der Waals surface area contributed by atoms with Gasteiger partial charge in [-0.3, -0.25) is 9.52 Å². The van der Waals surface area contributed by atoms with Crippen LogP contribution in [0.4, 0.5) is 11.4 Å². The fourth-order valence-corrected chi connectivity index (χ4v) is 3.61. The molecule has 1 amide bonds. The van der Waals surface area contributed by atoms with E-state index in [1.165, 1.54) is 18.2 Å². The molecule has 28 heavy (non-hydrogen) atoms. The number of anilines is 2. The second kappa shape index (κ2) is 8.54. The van der Waals surface area contributed by atoms with Gasteiger partial charge in [-0.1, -0.05) is 60.2 Å². The fourth-order valence-electron chi connectivity index (χ4n) is 2.51. The standard InChI is InChI=1S/C22H20N2O3S/c1-17-11-13-18(14-12-17)15-16-22(25)23-20-9-5-6-10-21(20)24-28(26,27)19-7-3-2-4-8-19/h2-16,24H,1H3,(H,23,25)/b16-15+. The third kappa shape index (κ3) is 5.08. The molecule has 0 bridgehead atoms. The van der Waals surface area contributed by atoms with Gasteiger partial charge in [0.1, 0.15) is 0 Å². The predicted molar refractivity (Wildman–Crippen MR) is 113 cm³/mol. The van der Waals surface area contributed by atoms with E-state index in [9.17, 15) is 13.2 Å². The molecule has 0 unspecified atom stereocenters. The maximum Gasteiger partial charge on any atom is 0.261 e. The molecule has 0 aliphatic carbocycles. The van der Waals surface area contributed by atoms with E-state index in [1.54, 1.807) is 48.5 Å². The van der Waals surface area contributed by atoms with E-state index in [0.29, 0.717) is 11.4 Å². The van der Waals surface area contributed by atoms with Gasteiger partial charge in [-0.05, 0) is 42.8 Å². The van der Waals surface area contributed by atoms with Gasteiger partial charge in [-0.2, -0.15) is 0 Å². The molecular formula is C22H20N2O3S. The first-order valence-electron chi connectivity index (χ1n) is 8.67. The molecule has 0 spiro atoms. The van der Waals surface area contributed by atoms with E-state index < -0.39 is 10.0 Å². The topological polar surface area (TPSA) is 75.3 Å². The summed E-state index contributed by atoms with van der Waals surface area (Å²) in [5, 5.41) is 2.71. The first-order valence-corrected chi connectivity index (χ1v) is 10.1. The maximum absolute atomic E-state index is 12.5. The van der Waals surface area contributed by atoms with Crippen LogP contribution in [0.5, 0.6) is 0 Å². The molecule has 0 radical (unpaired) electrons. The molecule has 0 atom stereocenters. The van der Waals surface area contributed by atoms with E-state index in [0.717, 1.165) is 11.1 Å². The maximum atomic E-state index is 12.5. The molecule has 3 rings (SSSR count). The molecule has 142 valence electrons. The summed E-state index contributed by atoms with van der Waals surface area (Å²) < 4.78 is 27.6. The molecular weight excluding hydrogens is 372 g/mol. The van der Waals surface area contributed by atoms with Gasteiger partial charge in [0, 0.05) is 6.08 Å². The molecule has 3 aromatic rings. The molecule has 5 nitrogen and oxygen atoms in total. The van der Waals surface area contributed by atoms with Crippen molar-refractivity contribution in [1.29, 1.82) is 0 Å². The highest BCUT2D eigenvalue weighted by molar-refractivity contribution is 7.92. The van der Waals surface area contributed by atoms with Crippen LogP contribution in [0.15, 0.2) is 89.8 Å². The van der Waals surface area contributed by atoms with E-state index in [-0.39, 0.29) is 10.8 Å². The number of aryl methyl sites for hydroxylation is 1. The highest BCUT2D eigenvalue weighted by atomic mass is 32.2. The van der Waals surface area contributed by atoms with Crippen LogP contribution in [-0.2, 0) is 14.8 Å². The van der Waals surface area contributed by atoms with Crippen molar-refractivity contribution in [3.63, 3.8) is 0 Å². The smallest absolute Gasteiger partial charge is 0.261 e. The number of benzene rings is 3. The molecule has 0 saturated carbocycles. The average Bonchev–Trinajstić information content (AvgIpc) is 2.69. The molecule has 0 aliphatic rings. The van der Waals surface area contributed by atoms with Gasteiger partial charge in [0.15, 0.2) is 0 Å². The summed E-state index contributed by atoms with van der Waals surface area (Å²) in [6.07, 6.45) is 3.11. The first-order chi connectivity index (χ1) is 13.4. The predicted octanol–water partition coefficient (Wildman–Crippen LogP) is 4.45. The van der Waals surface area contributed by atoms with Crippen molar-refractivity contribution in [2.75, 3.05) is 10.0 Å². The van der Waals surface area contributed by atoms with Crippen LogP contribution in [0.2, 0.25) is 0 Å². The van der Waals surface area contributed by atoms with Crippen molar-refractivity contribution >= 4 is 33.4 Å². The minimum absolute atomic E-state index is 0.149. The van der Waals surface area contributed by atoms with Crippen molar-refractivity contribution in [3.8, 4) is 0 Å². The largest absolute Gasteiger partial charge is 0.321 e. The number of para-hydroxylation sites is 2. The van der Waals surface area contributed by atoms with Gasteiger partial charge in [0.2, 0.25) is 5.91 Å². The number of carbonyl (C=O) groups is 1. The highest BCUT2D eigenvalue weighted by Gasteiger charge is 2.15. The second-order valence-electron chi connectivity index (χ2n) is 6.20. The zero-order valence-electron chi connectivity index (χ0n) is 15.3. The molecule has 0 saturated heterocycles. The van der Waals surface area contributed by atoms with Gasteiger partial charge in [-0.15, -0.1) is 0 Å². The zero-order valence-corrected chi connectivity index (χ0v) is 16.1. The Morgan fingerprint density at radius 1 is 0.821 bits per heavy atom. The number of sulfonamides is 1. The van der Waals surface area contributed by atoms with Crippen LogP contribution in [0, 0.1) is 6.92 Å². The summed E-state index contributed by atoms with van der Waals surface area (Å²) in [6.45, 7) is 1.99. The van der Waals surface area contributed by atoms with Crippen LogP contribution in [-0.4, -0.2) is 14.3 Å². The highest BCUT2D eigenvalue weighted by Crippen LogP contribution is 2.24. The van der Waals surface area contributed by atoms with Crippen molar-refractivity contribution in [1.82, 2.24) is 0 Å². The number of nitrogens with one attached hydrogen (secondary N) is 2. The third-order valence-electron chi connectivity index (χ3n) is 3.99. The molecule has 6 heteroatoms. The molecule has 3 aromatic carbocycles. The quantitative estimate of drug-likeness (QED) is 0.609. The average molecular weight is 392 g/mol. The molecule has 0 heterocycles. The Balaban J connectivity index is 1.75. The van der Waals surface area contributed by atoms with E-state index in [4.69, 9.17) is 0 Å². The molecule has 0 aromatic heterocycles. The molecule has 2 N–H and O–H groups in total. The number of carbonyl (C=O) groups excluding carboxylic acids is 1. The monoisotopic (exact) mass is 392 g/mol.